The van der Waals surface area contributed by atoms with E-state index in [0.717, 1.165) is 18.7 Å². The maximum Gasteiger partial charge on any atom is 0.337 e. The topological polar surface area (TPSA) is 106 Å². The highest BCUT2D eigenvalue weighted by molar-refractivity contribution is 6.00. The minimum absolute atomic E-state index is 0.322. The lowest BCUT2D eigenvalue weighted by molar-refractivity contribution is 0.0600. The number of urea groups is 1. The molecule has 0 spiro atoms. The van der Waals surface area contributed by atoms with Crippen molar-refractivity contribution in [3.8, 4) is 5.75 Å². The van der Waals surface area contributed by atoms with Gasteiger partial charge in [0.25, 0.3) is 0 Å². The number of amides is 2. The average Bonchev–Trinajstić information content (AvgIpc) is 2.67. The maximum atomic E-state index is 12.3. The number of esters is 1. The third kappa shape index (κ3) is 6.51. The van der Waals surface area contributed by atoms with Crippen molar-refractivity contribution in [2.24, 2.45) is 0 Å². The van der Waals surface area contributed by atoms with Crippen molar-refractivity contribution in [1.29, 1.82) is 0 Å². The Balaban J connectivity index is 2.10. The van der Waals surface area contributed by atoms with Crippen LogP contribution in [0, 0.1) is 6.92 Å². The van der Waals surface area contributed by atoms with Crippen LogP contribution in [0.3, 0.4) is 0 Å². The summed E-state index contributed by atoms with van der Waals surface area (Å²) in [6, 6.07) is 4.19. The first-order chi connectivity index (χ1) is 13.4. The quantitative estimate of drug-likeness (QED) is 0.530. The number of nitrogens with zero attached hydrogens (tertiary/aromatic N) is 3. The molecule has 0 saturated carbocycles. The van der Waals surface area contributed by atoms with Crippen LogP contribution in [-0.4, -0.2) is 61.2 Å². The van der Waals surface area contributed by atoms with Gasteiger partial charge in [0.05, 0.1) is 43.1 Å². The number of hydrogen-bond donors (Lipinski definition) is 2. The number of nitrogens with one attached hydrogen (secondary N) is 2. The number of aryl methyl sites for hydroxylation is 1. The molecule has 2 amide bonds. The molecule has 1 aromatic carbocycles. The molecule has 2 rings (SSSR count). The summed E-state index contributed by atoms with van der Waals surface area (Å²) in [6.07, 6.45) is 3.81. The highest BCUT2D eigenvalue weighted by Crippen LogP contribution is 2.27. The molecular weight excluding hydrogens is 362 g/mol. The molecule has 0 radical (unpaired) electrons. The number of methoxy groups -OCH3 is 1. The molecule has 0 aliphatic carbocycles. The molecular formula is C19H25N5O4. The van der Waals surface area contributed by atoms with Crippen molar-refractivity contribution in [2.75, 3.05) is 45.0 Å². The number of aromatic nitrogens is 2. The van der Waals surface area contributed by atoms with Crippen LogP contribution in [0.15, 0.2) is 30.6 Å². The van der Waals surface area contributed by atoms with Crippen LogP contribution in [-0.2, 0) is 4.74 Å². The predicted octanol–water partition coefficient (Wildman–Crippen LogP) is 2.55. The standard InChI is InChI=1S/C19H25N5O4/c1-13-11-21-17(12-20-13)23-19(26)22-15-7-6-14(18(25)27-4)10-16(15)28-9-5-8-24(2)3/h6-7,10-12H,5,8-9H2,1-4H3,(H2,21,22,23,26). The highest BCUT2D eigenvalue weighted by atomic mass is 16.5. The van der Waals surface area contributed by atoms with E-state index in [9.17, 15) is 9.59 Å². The largest absolute Gasteiger partial charge is 0.491 e. The Morgan fingerprint density at radius 1 is 1.14 bits per heavy atom. The normalized spacial score (nSPS) is 10.5. The molecule has 0 saturated heterocycles. The molecule has 0 aliphatic heterocycles. The highest BCUT2D eigenvalue weighted by Gasteiger charge is 2.13. The molecule has 0 unspecified atom stereocenters. The van der Waals surface area contributed by atoms with Crippen LogP contribution in [0.1, 0.15) is 22.5 Å². The molecule has 0 aliphatic rings. The number of ether oxygens (including phenoxy) is 2. The van der Waals surface area contributed by atoms with E-state index < -0.39 is 12.0 Å². The minimum atomic E-state index is -0.498. The van der Waals surface area contributed by atoms with Gasteiger partial charge in [0.2, 0.25) is 0 Å². The number of carbonyl (C=O) groups is 2. The molecule has 28 heavy (non-hydrogen) atoms. The second kappa shape index (κ2) is 10.2. The molecule has 9 nitrogen and oxygen atoms in total. The molecule has 1 aromatic heterocycles. The van der Waals surface area contributed by atoms with E-state index in [-0.39, 0.29) is 0 Å². The summed E-state index contributed by atoms with van der Waals surface area (Å²) in [4.78, 5) is 34.3. The molecule has 150 valence electrons. The van der Waals surface area contributed by atoms with Gasteiger partial charge in [-0.25, -0.2) is 14.6 Å². The Morgan fingerprint density at radius 2 is 1.93 bits per heavy atom. The SMILES string of the molecule is COC(=O)c1ccc(NC(=O)Nc2cnc(C)cn2)c(OCCCN(C)C)c1. The van der Waals surface area contributed by atoms with Crippen LogP contribution in [0.5, 0.6) is 5.75 Å². The lowest BCUT2D eigenvalue weighted by Crippen LogP contribution is -2.21. The van der Waals surface area contributed by atoms with Gasteiger partial charge in [-0.2, -0.15) is 0 Å². The van der Waals surface area contributed by atoms with E-state index in [1.54, 1.807) is 31.3 Å². The zero-order valence-electron chi connectivity index (χ0n) is 16.5. The minimum Gasteiger partial charge on any atom is -0.491 e. The van der Waals surface area contributed by atoms with E-state index in [1.807, 2.05) is 19.0 Å². The molecule has 0 bridgehead atoms. The van der Waals surface area contributed by atoms with Crippen molar-refractivity contribution in [2.45, 2.75) is 13.3 Å². The van der Waals surface area contributed by atoms with Crippen LogP contribution >= 0.6 is 0 Å². The molecule has 9 heteroatoms. The number of benzene rings is 1. The first-order valence-electron chi connectivity index (χ1n) is 8.75. The van der Waals surface area contributed by atoms with Crippen molar-refractivity contribution in [1.82, 2.24) is 14.9 Å². The summed E-state index contributed by atoms with van der Waals surface area (Å²) in [5.41, 5.74) is 1.51. The van der Waals surface area contributed by atoms with Crippen LogP contribution in [0.25, 0.3) is 0 Å². The summed E-state index contributed by atoms with van der Waals surface area (Å²) >= 11 is 0. The third-order valence-electron chi connectivity index (χ3n) is 3.68. The first-order valence-corrected chi connectivity index (χ1v) is 8.75. The Morgan fingerprint density at radius 3 is 2.57 bits per heavy atom. The molecule has 0 atom stereocenters. The van der Waals surface area contributed by atoms with Gasteiger partial charge in [-0.1, -0.05) is 0 Å². The van der Waals surface area contributed by atoms with Crippen LogP contribution < -0.4 is 15.4 Å². The molecule has 2 N–H and O–H groups in total. The van der Waals surface area contributed by atoms with Crippen molar-refractivity contribution < 1.29 is 19.1 Å². The monoisotopic (exact) mass is 387 g/mol. The van der Waals surface area contributed by atoms with Gasteiger partial charge in [-0.05, 0) is 45.6 Å². The van der Waals surface area contributed by atoms with Gasteiger partial charge in [0.15, 0.2) is 5.82 Å². The predicted molar refractivity (Wildman–Crippen MR) is 106 cm³/mol. The fourth-order valence-electron chi connectivity index (χ4n) is 2.28. The van der Waals surface area contributed by atoms with E-state index in [2.05, 4.69) is 20.6 Å². The van der Waals surface area contributed by atoms with Crippen molar-refractivity contribution in [3.05, 3.63) is 41.9 Å². The van der Waals surface area contributed by atoms with Crippen LogP contribution in [0.4, 0.5) is 16.3 Å². The molecule has 2 aromatic rings. The van der Waals surface area contributed by atoms with E-state index in [4.69, 9.17) is 9.47 Å². The number of anilines is 2. The van der Waals surface area contributed by atoms with Gasteiger partial charge in [0, 0.05) is 6.54 Å². The van der Waals surface area contributed by atoms with Gasteiger partial charge >= 0.3 is 12.0 Å². The van der Waals surface area contributed by atoms with E-state index in [1.165, 1.54) is 13.3 Å². The lowest BCUT2D eigenvalue weighted by atomic mass is 10.2. The van der Waals surface area contributed by atoms with Crippen molar-refractivity contribution in [3.63, 3.8) is 0 Å². The van der Waals surface area contributed by atoms with E-state index in [0.29, 0.717) is 29.4 Å². The zero-order valence-corrected chi connectivity index (χ0v) is 16.5. The number of hydrogen-bond acceptors (Lipinski definition) is 7. The van der Waals surface area contributed by atoms with Gasteiger partial charge in [-0.3, -0.25) is 10.3 Å². The Labute approximate surface area is 164 Å². The van der Waals surface area contributed by atoms with Crippen LogP contribution in [0.2, 0.25) is 0 Å². The fraction of sp³-hybridized carbons (Fsp3) is 0.368. The molecule has 0 fully saturated rings. The molecule has 1 heterocycles. The zero-order chi connectivity index (χ0) is 20.5. The fourth-order valence-corrected chi connectivity index (χ4v) is 2.28. The van der Waals surface area contributed by atoms with E-state index >= 15 is 0 Å². The van der Waals surface area contributed by atoms with Gasteiger partial charge in [-0.15, -0.1) is 0 Å². The lowest BCUT2D eigenvalue weighted by Gasteiger charge is -2.15. The summed E-state index contributed by atoms with van der Waals surface area (Å²) in [7, 11) is 5.26. The number of rotatable bonds is 8. The second-order valence-electron chi connectivity index (χ2n) is 6.33. The smallest absolute Gasteiger partial charge is 0.337 e. The third-order valence-corrected chi connectivity index (χ3v) is 3.68. The second-order valence-corrected chi connectivity index (χ2v) is 6.33. The first kappa shape index (κ1) is 21.1. The summed E-state index contributed by atoms with van der Waals surface area (Å²) < 4.78 is 10.5. The van der Waals surface area contributed by atoms with Gasteiger partial charge in [0.1, 0.15) is 5.75 Å². The van der Waals surface area contributed by atoms with Gasteiger partial charge < -0.3 is 19.7 Å². The van der Waals surface area contributed by atoms with Crippen molar-refractivity contribution >= 4 is 23.5 Å². The summed E-state index contributed by atoms with van der Waals surface area (Å²) in [6.45, 7) is 3.09. The Kier molecular flexibility index (Phi) is 7.70. The average molecular weight is 387 g/mol. The number of carbonyl (C=O) groups excluding carboxylic acids is 2. The summed E-state index contributed by atoms with van der Waals surface area (Å²) in [5.74, 6) is 0.221. The maximum absolute atomic E-state index is 12.3. The Bertz CT molecular complexity index is 808. The Hall–Kier alpha value is -3.20. The summed E-state index contributed by atoms with van der Waals surface area (Å²) in [5, 5.41) is 5.30.